The van der Waals surface area contributed by atoms with Crippen molar-refractivity contribution in [3.63, 3.8) is 0 Å². The van der Waals surface area contributed by atoms with Crippen LogP contribution in [0.3, 0.4) is 0 Å². The Kier molecular flexibility index (Phi) is 6.61. The van der Waals surface area contributed by atoms with E-state index in [1.165, 1.54) is 11.8 Å². The number of rotatable bonds is 7. The fourth-order valence-electron chi connectivity index (χ4n) is 2.56. The van der Waals surface area contributed by atoms with Crippen molar-refractivity contribution in [2.75, 3.05) is 19.4 Å². The molecule has 10 heteroatoms. The minimum absolute atomic E-state index is 0.0229. The molecule has 1 amide bonds. The Bertz CT molecular complexity index is 985. The lowest BCUT2D eigenvalue weighted by molar-refractivity contribution is -0.115. The minimum atomic E-state index is -0.426. The molecule has 0 saturated heterocycles. The molecule has 0 aliphatic heterocycles. The average Bonchev–Trinajstić information content (AvgIpc) is 3.27. The second kappa shape index (κ2) is 8.98. The number of hydrogen-bond donors (Lipinski definition) is 1. The molecule has 2 atom stereocenters. The number of aryl methyl sites for hydroxylation is 1. The molecule has 0 aliphatic rings. The van der Waals surface area contributed by atoms with Gasteiger partial charge in [-0.25, -0.2) is 0 Å². The third-order valence-corrected chi connectivity index (χ3v) is 5.72. The fourth-order valence-corrected chi connectivity index (χ4v) is 3.56. The van der Waals surface area contributed by atoms with Crippen molar-refractivity contribution >= 4 is 35.1 Å². The SMILES string of the molecule is Cc1cc(NC(=O)C(C)Sc2nnc(C(C)N(C)C)n2-c2ccc(Cl)cc2)no1. The lowest BCUT2D eigenvalue weighted by Gasteiger charge is -2.21. The van der Waals surface area contributed by atoms with Gasteiger partial charge in [-0.05, 0) is 59.1 Å². The predicted molar refractivity (Wildman–Crippen MR) is 114 cm³/mol. The zero-order chi connectivity index (χ0) is 21.1. The smallest absolute Gasteiger partial charge is 0.238 e. The standard InChI is InChI=1S/C19H23ClN6O2S/c1-11-10-16(24-28-11)21-18(27)13(3)29-19-23-22-17(12(2)25(4)5)26(19)15-8-6-14(20)7-9-15/h6-10,12-13H,1-5H3,(H,21,24,27). The summed E-state index contributed by atoms with van der Waals surface area (Å²) in [7, 11) is 3.96. The molecule has 2 unspecified atom stereocenters. The molecule has 2 aromatic heterocycles. The van der Waals surface area contributed by atoms with Crippen molar-refractivity contribution in [1.29, 1.82) is 0 Å². The summed E-state index contributed by atoms with van der Waals surface area (Å²) in [6.45, 7) is 5.62. The van der Waals surface area contributed by atoms with Crippen molar-refractivity contribution < 1.29 is 9.32 Å². The molecule has 0 bridgehead atoms. The second-order valence-corrected chi connectivity index (χ2v) is 8.61. The van der Waals surface area contributed by atoms with Gasteiger partial charge in [-0.15, -0.1) is 10.2 Å². The van der Waals surface area contributed by atoms with Crippen molar-refractivity contribution in [2.24, 2.45) is 0 Å². The van der Waals surface area contributed by atoms with Crippen LogP contribution in [-0.2, 0) is 4.79 Å². The summed E-state index contributed by atoms with van der Waals surface area (Å²) in [4.78, 5) is 14.6. The summed E-state index contributed by atoms with van der Waals surface area (Å²) < 4.78 is 6.94. The molecule has 8 nitrogen and oxygen atoms in total. The van der Waals surface area contributed by atoms with Crippen molar-refractivity contribution in [3.8, 4) is 5.69 Å². The number of halogens is 1. The quantitative estimate of drug-likeness (QED) is 0.563. The van der Waals surface area contributed by atoms with Gasteiger partial charge in [0.1, 0.15) is 5.76 Å². The first kappa shape index (κ1) is 21.4. The molecule has 0 aliphatic carbocycles. The summed E-state index contributed by atoms with van der Waals surface area (Å²) in [5.41, 5.74) is 0.880. The number of thioether (sulfide) groups is 1. The van der Waals surface area contributed by atoms with Gasteiger partial charge in [0.2, 0.25) is 5.91 Å². The number of benzene rings is 1. The maximum absolute atomic E-state index is 12.6. The molecule has 29 heavy (non-hydrogen) atoms. The normalized spacial score (nSPS) is 13.5. The maximum Gasteiger partial charge on any atom is 0.238 e. The van der Waals surface area contributed by atoms with Gasteiger partial charge in [-0.2, -0.15) is 0 Å². The lowest BCUT2D eigenvalue weighted by Crippen LogP contribution is -2.23. The number of carbonyl (C=O) groups is 1. The number of amides is 1. The molecule has 0 saturated carbocycles. The van der Waals surface area contributed by atoms with Gasteiger partial charge in [0, 0.05) is 16.8 Å². The van der Waals surface area contributed by atoms with Crippen molar-refractivity contribution in [2.45, 2.75) is 37.2 Å². The lowest BCUT2D eigenvalue weighted by atomic mass is 10.2. The van der Waals surface area contributed by atoms with Gasteiger partial charge in [0.25, 0.3) is 0 Å². The van der Waals surface area contributed by atoms with Gasteiger partial charge in [-0.3, -0.25) is 14.3 Å². The zero-order valence-electron chi connectivity index (χ0n) is 16.9. The van der Waals surface area contributed by atoms with E-state index in [9.17, 15) is 4.79 Å². The first-order chi connectivity index (χ1) is 13.8. The zero-order valence-corrected chi connectivity index (χ0v) is 18.5. The van der Waals surface area contributed by atoms with Crippen LogP contribution in [0.1, 0.15) is 31.5 Å². The highest BCUT2D eigenvalue weighted by Gasteiger charge is 2.24. The third kappa shape index (κ3) is 4.98. The Morgan fingerprint density at radius 2 is 1.93 bits per heavy atom. The fraction of sp³-hybridized carbons (Fsp3) is 0.368. The van der Waals surface area contributed by atoms with Gasteiger partial charge in [0.05, 0.1) is 11.3 Å². The summed E-state index contributed by atoms with van der Waals surface area (Å²) in [5.74, 6) is 1.60. The molecular formula is C19H23ClN6O2S. The predicted octanol–water partition coefficient (Wildman–Crippen LogP) is 3.96. The highest BCUT2D eigenvalue weighted by Crippen LogP contribution is 2.30. The molecular weight excluding hydrogens is 412 g/mol. The molecule has 0 fully saturated rings. The van der Waals surface area contributed by atoms with Crippen LogP contribution < -0.4 is 5.32 Å². The maximum atomic E-state index is 12.6. The summed E-state index contributed by atoms with van der Waals surface area (Å²) in [5, 5.41) is 16.1. The van der Waals surface area contributed by atoms with Crippen molar-refractivity contribution in [3.05, 3.63) is 46.9 Å². The molecule has 0 spiro atoms. The average molecular weight is 435 g/mol. The van der Waals surface area contributed by atoms with E-state index < -0.39 is 5.25 Å². The van der Waals surface area contributed by atoms with Crippen LogP contribution in [0.2, 0.25) is 5.02 Å². The van der Waals surface area contributed by atoms with Crippen LogP contribution in [0.4, 0.5) is 5.82 Å². The largest absolute Gasteiger partial charge is 0.360 e. The monoisotopic (exact) mass is 434 g/mol. The Morgan fingerprint density at radius 3 is 2.52 bits per heavy atom. The van der Waals surface area contributed by atoms with Crippen LogP contribution in [0.15, 0.2) is 40.0 Å². The summed E-state index contributed by atoms with van der Waals surface area (Å²) in [6.07, 6.45) is 0. The van der Waals surface area contributed by atoms with E-state index in [-0.39, 0.29) is 11.9 Å². The van der Waals surface area contributed by atoms with E-state index in [0.29, 0.717) is 21.8 Å². The summed E-state index contributed by atoms with van der Waals surface area (Å²) in [6, 6.07) is 9.14. The van der Waals surface area contributed by atoms with Crippen LogP contribution in [-0.4, -0.2) is 50.1 Å². The van der Waals surface area contributed by atoms with Gasteiger partial charge in [0.15, 0.2) is 16.8 Å². The molecule has 2 heterocycles. The van der Waals surface area contributed by atoms with Crippen LogP contribution in [0, 0.1) is 6.92 Å². The Labute approximate surface area is 178 Å². The van der Waals surface area contributed by atoms with E-state index in [1.54, 1.807) is 13.0 Å². The van der Waals surface area contributed by atoms with Gasteiger partial charge in [-0.1, -0.05) is 28.5 Å². The van der Waals surface area contributed by atoms with E-state index in [1.807, 2.05) is 61.7 Å². The first-order valence-corrected chi connectivity index (χ1v) is 10.3. The molecule has 0 radical (unpaired) electrons. The van der Waals surface area contributed by atoms with Gasteiger partial charge < -0.3 is 9.84 Å². The van der Waals surface area contributed by atoms with Gasteiger partial charge >= 0.3 is 0 Å². The highest BCUT2D eigenvalue weighted by atomic mass is 35.5. The number of carbonyl (C=O) groups excluding carboxylic acids is 1. The van der Waals surface area contributed by atoms with Crippen LogP contribution in [0.25, 0.3) is 5.69 Å². The molecule has 154 valence electrons. The van der Waals surface area contributed by atoms with Crippen molar-refractivity contribution in [1.82, 2.24) is 24.8 Å². The molecule has 3 rings (SSSR count). The van der Waals surface area contributed by atoms with Crippen LogP contribution in [0.5, 0.6) is 0 Å². The Balaban J connectivity index is 1.88. The second-order valence-electron chi connectivity index (χ2n) is 6.86. The van der Waals surface area contributed by atoms with E-state index in [2.05, 4.69) is 20.7 Å². The first-order valence-electron chi connectivity index (χ1n) is 9.04. The number of anilines is 1. The highest BCUT2D eigenvalue weighted by molar-refractivity contribution is 8.00. The van der Waals surface area contributed by atoms with E-state index in [0.717, 1.165) is 11.5 Å². The molecule has 1 N–H and O–H groups in total. The molecule has 1 aromatic carbocycles. The number of aromatic nitrogens is 4. The van der Waals surface area contributed by atoms with E-state index >= 15 is 0 Å². The minimum Gasteiger partial charge on any atom is -0.360 e. The molecule has 3 aromatic rings. The Morgan fingerprint density at radius 1 is 1.24 bits per heavy atom. The third-order valence-electron chi connectivity index (χ3n) is 4.42. The summed E-state index contributed by atoms with van der Waals surface area (Å²) >= 11 is 7.37. The van der Waals surface area contributed by atoms with E-state index in [4.69, 9.17) is 16.1 Å². The van der Waals surface area contributed by atoms with Crippen LogP contribution >= 0.6 is 23.4 Å². The number of nitrogens with zero attached hydrogens (tertiary/aromatic N) is 5. The topological polar surface area (TPSA) is 89.1 Å². The number of hydrogen-bond acceptors (Lipinski definition) is 7. The Hall–Kier alpha value is -2.36. The number of nitrogens with one attached hydrogen (secondary N) is 1.